The maximum atomic E-state index is 12.5. The lowest BCUT2D eigenvalue weighted by atomic mass is 9.98. The molecule has 2 aromatic carbocycles. The highest BCUT2D eigenvalue weighted by molar-refractivity contribution is 5.92. The van der Waals surface area contributed by atoms with E-state index in [1.54, 1.807) is 0 Å². The molecule has 4 rings (SSSR count). The van der Waals surface area contributed by atoms with Gasteiger partial charge in [-0.05, 0) is 35.2 Å². The lowest BCUT2D eigenvalue weighted by Crippen LogP contribution is -2.06. The van der Waals surface area contributed by atoms with Gasteiger partial charge in [0.1, 0.15) is 5.82 Å². The Labute approximate surface area is 192 Å². The van der Waals surface area contributed by atoms with E-state index < -0.39 is 0 Å². The zero-order chi connectivity index (χ0) is 23.0. The molecule has 0 amide bonds. The number of rotatable bonds is 10. The van der Waals surface area contributed by atoms with Crippen LogP contribution >= 0.6 is 0 Å². The van der Waals surface area contributed by atoms with E-state index >= 15 is 0 Å². The molecular formula is C25H27N7O. The summed E-state index contributed by atoms with van der Waals surface area (Å²) in [6, 6.07) is 16.3. The van der Waals surface area contributed by atoms with E-state index in [0.717, 1.165) is 40.9 Å². The van der Waals surface area contributed by atoms with E-state index in [0.29, 0.717) is 31.0 Å². The van der Waals surface area contributed by atoms with Gasteiger partial charge in [0.15, 0.2) is 0 Å². The normalized spacial score (nSPS) is 11.3. The third kappa shape index (κ3) is 5.28. The van der Waals surface area contributed by atoms with E-state index in [4.69, 9.17) is 0 Å². The van der Waals surface area contributed by atoms with Crippen molar-refractivity contribution in [1.29, 1.82) is 0 Å². The number of H-pyrrole nitrogens is 1. The van der Waals surface area contributed by atoms with Crippen molar-refractivity contribution in [1.82, 2.24) is 35.4 Å². The van der Waals surface area contributed by atoms with Gasteiger partial charge in [0.2, 0.25) is 17.4 Å². The highest BCUT2D eigenvalue weighted by Gasteiger charge is 2.16. The number of ketones is 1. The van der Waals surface area contributed by atoms with Gasteiger partial charge >= 0.3 is 0 Å². The van der Waals surface area contributed by atoms with Crippen molar-refractivity contribution in [2.75, 3.05) is 0 Å². The maximum absolute atomic E-state index is 12.5. The number of benzene rings is 2. The largest absolute Gasteiger partial charge is 0.291 e. The van der Waals surface area contributed by atoms with Crippen molar-refractivity contribution >= 4 is 5.78 Å². The Hall–Kier alpha value is -3.94. The quantitative estimate of drug-likeness (QED) is 0.283. The van der Waals surface area contributed by atoms with Gasteiger partial charge in [0.25, 0.3) is 0 Å². The first-order chi connectivity index (χ1) is 16.2. The molecule has 0 fully saturated rings. The van der Waals surface area contributed by atoms with E-state index in [2.05, 4.69) is 61.9 Å². The van der Waals surface area contributed by atoms with Gasteiger partial charge in [0, 0.05) is 18.4 Å². The molecular weight excluding hydrogens is 414 g/mol. The van der Waals surface area contributed by atoms with Crippen molar-refractivity contribution in [2.24, 2.45) is 0 Å². The van der Waals surface area contributed by atoms with Crippen LogP contribution in [-0.2, 0) is 13.0 Å². The van der Waals surface area contributed by atoms with Crippen LogP contribution < -0.4 is 0 Å². The topological polar surface area (TPSA) is 102 Å². The molecule has 1 N–H and O–H groups in total. The van der Waals surface area contributed by atoms with Crippen LogP contribution in [0.5, 0.6) is 0 Å². The first kappa shape index (κ1) is 22.3. The molecule has 0 saturated heterocycles. The second kappa shape index (κ2) is 10.6. The summed E-state index contributed by atoms with van der Waals surface area (Å²) in [6.07, 6.45) is 6.89. The van der Waals surface area contributed by atoms with Crippen LogP contribution in [0.2, 0.25) is 0 Å². The highest BCUT2D eigenvalue weighted by Crippen LogP contribution is 2.30. The fraction of sp³-hybridized carbons (Fsp3) is 0.280. The Morgan fingerprint density at radius 3 is 2.58 bits per heavy atom. The molecule has 0 radical (unpaired) electrons. The van der Waals surface area contributed by atoms with E-state index in [9.17, 15) is 4.79 Å². The number of carbonyl (C=O) groups excluding carboxylic acids is 1. The Bertz CT molecular complexity index is 1220. The van der Waals surface area contributed by atoms with Crippen molar-refractivity contribution in [3.05, 3.63) is 77.9 Å². The second-order valence-electron chi connectivity index (χ2n) is 7.78. The summed E-state index contributed by atoms with van der Waals surface area (Å²) in [4.78, 5) is 17.0. The first-order valence-corrected chi connectivity index (χ1v) is 11.2. The van der Waals surface area contributed by atoms with Gasteiger partial charge < -0.3 is 0 Å². The average molecular weight is 442 g/mol. The number of tetrazole rings is 1. The van der Waals surface area contributed by atoms with Gasteiger partial charge in [-0.25, -0.2) is 9.67 Å². The third-order valence-corrected chi connectivity index (χ3v) is 5.41. The Balaban J connectivity index is 1.57. The van der Waals surface area contributed by atoms with E-state index in [1.165, 1.54) is 0 Å². The number of aromatic amines is 1. The Kier molecular flexibility index (Phi) is 7.14. The Morgan fingerprint density at radius 1 is 1.09 bits per heavy atom. The molecule has 0 saturated carbocycles. The fourth-order valence-electron chi connectivity index (χ4n) is 3.61. The minimum Gasteiger partial charge on any atom is -0.291 e. The van der Waals surface area contributed by atoms with Crippen LogP contribution in [0.4, 0.5) is 0 Å². The van der Waals surface area contributed by atoms with Crippen molar-refractivity contribution < 1.29 is 4.79 Å². The lowest BCUT2D eigenvalue weighted by Gasteiger charge is -2.08. The van der Waals surface area contributed by atoms with Crippen LogP contribution in [0.1, 0.15) is 55.1 Å². The molecule has 2 heterocycles. The number of nitrogens with one attached hydrogen (secondary N) is 1. The van der Waals surface area contributed by atoms with Gasteiger partial charge in [-0.1, -0.05) is 74.0 Å². The summed E-state index contributed by atoms with van der Waals surface area (Å²) in [5.74, 6) is 1.67. The zero-order valence-corrected chi connectivity index (χ0v) is 18.9. The van der Waals surface area contributed by atoms with E-state index in [-0.39, 0.29) is 5.78 Å². The number of allylic oxidation sites excluding steroid dienone is 2. The molecule has 0 aliphatic rings. The molecule has 0 aliphatic heterocycles. The fourth-order valence-corrected chi connectivity index (χ4v) is 3.61. The molecule has 4 aromatic rings. The number of unbranched alkanes of at least 4 members (excludes halogenated alkanes) is 1. The highest BCUT2D eigenvalue weighted by atomic mass is 16.1. The molecule has 0 bridgehead atoms. The van der Waals surface area contributed by atoms with Gasteiger partial charge in [0.05, 0.1) is 6.54 Å². The minimum absolute atomic E-state index is 0.00532. The van der Waals surface area contributed by atoms with Gasteiger partial charge in [-0.15, -0.1) is 15.3 Å². The van der Waals surface area contributed by atoms with Crippen LogP contribution in [0.15, 0.2) is 60.7 Å². The number of nitrogens with zero attached hydrogens (tertiary/aromatic N) is 6. The van der Waals surface area contributed by atoms with Crippen LogP contribution in [0.25, 0.3) is 22.5 Å². The molecule has 0 spiro atoms. The predicted octanol–water partition coefficient (Wildman–Crippen LogP) is 4.67. The summed E-state index contributed by atoms with van der Waals surface area (Å²) in [5, 5.41) is 18.9. The summed E-state index contributed by atoms with van der Waals surface area (Å²) < 4.78 is 1.82. The second-order valence-corrected chi connectivity index (χ2v) is 7.78. The summed E-state index contributed by atoms with van der Waals surface area (Å²) in [6.45, 7) is 4.63. The monoisotopic (exact) mass is 441 g/mol. The third-order valence-electron chi connectivity index (χ3n) is 5.41. The number of hydrogen-bond acceptors (Lipinski definition) is 6. The summed E-state index contributed by atoms with van der Waals surface area (Å²) in [5.41, 5.74) is 4.10. The number of Topliss-reactive ketones (excluding diaryl/α,β-unsaturated/α-hetero) is 1. The van der Waals surface area contributed by atoms with Crippen LogP contribution in [0, 0.1) is 0 Å². The summed E-state index contributed by atoms with van der Waals surface area (Å²) in [7, 11) is 0. The maximum Gasteiger partial charge on any atom is 0.217 e. The SMILES string of the molecule is C/C=C/Cn1nc(C(=O)CCCC)nc1Cc1ccc(-c2ccccc2-c2nn[nH]n2)cc1. The molecule has 0 aliphatic carbocycles. The van der Waals surface area contributed by atoms with Gasteiger partial charge in [-0.3, -0.25) is 4.79 Å². The van der Waals surface area contributed by atoms with Gasteiger partial charge in [-0.2, -0.15) is 5.21 Å². The number of aromatic nitrogens is 7. The predicted molar refractivity (Wildman–Crippen MR) is 127 cm³/mol. The van der Waals surface area contributed by atoms with Crippen LogP contribution in [0.3, 0.4) is 0 Å². The zero-order valence-electron chi connectivity index (χ0n) is 18.9. The van der Waals surface area contributed by atoms with Crippen molar-refractivity contribution in [2.45, 2.75) is 46.1 Å². The molecule has 168 valence electrons. The molecule has 0 unspecified atom stereocenters. The standard InChI is InChI=1S/C25H27N7O/c1-3-5-11-22(33)25-26-23(32(29-25)16-6-4-2)17-18-12-14-19(15-13-18)20-9-7-8-10-21(20)24-27-30-31-28-24/h4,6-10,12-15H,3,5,11,16-17H2,1-2H3,(H,27,28,30,31)/b6-4+. The number of carbonyl (C=O) groups is 1. The summed E-state index contributed by atoms with van der Waals surface area (Å²) >= 11 is 0. The van der Waals surface area contributed by atoms with E-state index in [1.807, 2.05) is 48.0 Å². The molecule has 0 atom stereocenters. The average Bonchev–Trinajstić information content (AvgIpc) is 3.52. The van der Waals surface area contributed by atoms with Crippen molar-refractivity contribution in [3.8, 4) is 22.5 Å². The van der Waals surface area contributed by atoms with Crippen LogP contribution in [-0.4, -0.2) is 41.2 Å². The minimum atomic E-state index is 0.00532. The smallest absolute Gasteiger partial charge is 0.217 e. The molecule has 2 aromatic heterocycles. The van der Waals surface area contributed by atoms with Crippen molar-refractivity contribution in [3.63, 3.8) is 0 Å². The molecule has 33 heavy (non-hydrogen) atoms. The lowest BCUT2D eigenvalue weighted by molar-refractivity contribution is 0.0969. The Morgan fingerprint density at radius 2 is 1.88 bits per heavy atom. The molecule has 8 nitrogen and oxygen atoms in total. The number of hydrogen-bond donors (Lipinski definition) is 1. The first-order valence-electron chi connectivity index (χ1n) is 11.2. The molecule has 8 heteroatoms.